The van der Waals surface area contributed by atoms with Crippen LogP contribution < -0.4 is 0 Å². The highest BCUT2D eigenvalue weighted by molar-refractivity contribution is 8.01. The molecule has 3 heterocycles. The van der Waals surface area contributed by atoms with Gasteiger partial charge in [0, 0.05) is 19.2 Å². The molecule has 2 amide bonds. The Hall–Kier alpha value is -1.43. The van der Waals surface area contributed by atoms with Gasteiger partial charge in [-0.25, -0.2) is 0 Å². The fourth-order valence-corrected chi connectivity index (χ4v) is 4.56. The molecule has 3 rings (SSSR count). The first-order valence-electron chi connectivity index (χ1n) is 7.17. The van der Waals surface area contributed by atoms with Crippen LogP contribution in [0.25, 0.3) is 0 Å². The number of hydrogen-bond donors (Lipinski definition) is 0. The lowest BCUT2D eigenvalue weighted by atomic mass is 10.2. The molecule has 6 heteroatoms. The molecule has 2 aliphatic heterocycles. The molecule has 0 aromatic carbocycles. The van der Waals surface area contributed by atoms with Crippen LogP contribution in [0.1, 0.15) is 31.3 Å². The maximum absolute atomic E-state index is 12.7. The summed E-state index contributed by atoms with van der Waals surface area (Å²) in [5.74, 6) is 2.38. The first-order chi connectivity index (χ1) is 9.90. The van der Waals surface area contributed by atoms with Gasteiger partial charge in [-0.05, 0) is 32.4 Å². The second kappa shape index (κ2) is 5.09. The lowest BCUT2D eigenvalue weighted by Crippen LogP contribution is -2.50. The highest BCUT2D eigenvalue weighted by atomic mass is 32.2. The molecule has 0 N–H and O–H groups in total. The summed E-state index contributed by atoms with van der Waals surface area (Å²) >= 11 is 1.72. The fraction of sp³-hybridized carbons (Fsp3) is 0.600. The predicted octanol–water partition coefficient (Wildman–Crippen LogP) is 2.00. The largest absolute Gasteiger partial charge is 0.464 e. The Labute approximate surface area is 128 Å². The van der Waals surface area contributed by atoms with Crippen molar-refractivity contribution in [3.05, 3.63) is 23.7 Å². The standard InChI is InChI=1S/C15H20N2O3S/c1-10-4-5-11(20-10)8-16(3)14(19)12-9-21-15(2)7-6-13(18)17(12)15/h4-5,12H,6-9H2,1-3H3/t12-,15+/m1/s1. The third-order valence-electron chi connectivity index (χ3n) is 4.30. The van der Waals surface area contributed by atoms with Gasteiger partial charge in [0.05, 0.1) is 11.4 Å². The van der Waals surface area contributed by atoms with Crippen LogP contribution in [0.5, 0.6) is 0 Å². The molecule has 5 nitrogen and oxygen atoms in total. The van der Waals surface area contributed by atoms with Crippen LogP contribution in [0, 0.1) is 6.92 Å². The number of furan rings is 1. The Morgan fingerprint density at radius 1 is 1.57 bits per heavy atom. The molecule has 1 aromatic heterocycles. The van der Waals surface area contributed by atoms with Gasteiger partial charge in [-0.2, -0.15) is 0 Å². The van der Waals surface area contributed by atoms with Crippen molar-refractivity contribution in [2.24, 2.45) is 0 Å². The van der Waals surface area contributed by atoms with Gasteiger partial charge in [0.25, 0.3) is 0 Å². The summed E-state index contributed by atoms with van der Waals surface area (Å²) in [5, 5.41) is 0. The van der Waals surface area contributed by atoms with E-state index in [1.807, 2.05) is 19.1 Å². The quantitative estimate of drug-likeness (QED) is 0.857. The minimum Gasteiger partial charge on any atom is -0.464 e. The first-order valence-corrected chi connectivity index (χ1v) is 8.16. The number of carbonyl (C=O) groups excluding carboxylic acids is 2. The van der Waals surface area contributed by atoms with Crippen molar-refractivity contribution in [3.63, 3.8) is 0 Å². The van der Waals surface area contributed by atoms with Crippen LogP contribution in [0.15, 0.2) is 16.5 Å². The summed E-state index contributed by atoms with van der Waals surface area (Å²) in [6.07, 6.45) is 1.38. The second-order valence-electron chi connectivity index (χ2n) is 5.97. The van der Waals surface area contributed by atoms with Gasteiger partial charge in [-0.15, -0.1) is 11.8 Å². The summed E-state index contributed by atoms with van der Waals surface area (Å²) in [7, 11) is 1.76. The lowest BCUT2D eigenvalue weighted by Gasteiger charge is -2.31. The van der Waals surface area contributed by atoms with Gasteiger partial charge in [0.15, 0.2) is 0 Å². The number of rotatable bonds is 3. The summed E-state index contributed by atoms with van der Waals surface area (Å²) in [6.45, 7) is 4.38. The molecule has 2 fully saturated rings. The van der Waals surface area contributed by atoms with E-state index in [4.69, 9.17) is 4.42 Å². The molecule has 0 aliphatic carbocycles. The van der Waals surface area contributed by atoms with Crippen LogP contribution in [-0.4, -0.2) is 45.3 Å². The average molecular weight is 308 g/mol. The number of aryl methyl sites for hydroxylation is 1. The monoisotopic (exact) mass is 308 g/mol. The number of nitrogens with zero attached hydrogens (tertiary/aromatic N) is 2. The highest BCUT2D eigenvalue weighted by Crippen LogP contribution is 2.47. The van der Waals surface area contributed by atoms with Crippen molar-refractivity contribution in [1.82, 2.24) is 9.80 Å². The second-order valence-corrected chi connectivity index (χ2v) is 7.47. The molecular formula is C15H20N2O3S. The normalized spacial score (nSPS) is 28.0. The van der Waals surface area contributed by atoms with E-state index in [2.05, 4.69) is 6.92 Å². The smallest absolute Gasteiger partial charge is 0.246 e. The van der Waals surface area contributed by atoms with Crippen LogP contribution >= 0.6 is 11.8 Å². The fourth-order valence-electron chi connectivity index (χ4n) is 3.14. The van der Waals surface area contributed by atoms with Crippen LogP contribution in [-0.2, 0) is 16.1 Å². The number of amides is 2. The Morgan fingerprint density at radius 3 is 3.00 bits per heavy atom. The Morgan fingerprint density at radius 2 is 2.33 bits per heavy atom. The highest BCUT2D eigenvalue weighted by Gasteiger charge is 2.53. The Bertz CT molecular complexity index is 585. The number of likely N-dealkylation sites (N-methyl/N-ethyl adjacent to an activating group) is 1. The molecule has 1 aromatic rings. The van der Waals surface area contributed by atoms with Gasteiger partial charge in [0.2, 0.25) is 11.8 Å². The minimum absolute atomic E-state index is 0.00414. The molecule has 0 spiro atoms. The molecular weight excluding hydrogens is 288 g/mol. The van der Waals surface area contributed by atoms with Crippen molar-refractivity contribution in [1.29, 1.82) is 0 Å². The van der Waals surface area contributed by atoms with E-state index < -0.39 is 0 Å². The van der Waals surface area contributed by atoms with Crippen molar-refractivity contribution in [3.8, 4) is 0 Å². The average Bonchev–Trinajstić information content (AvgIpc) is 3.06. The molecule has 0 unspecified atom stereocenters. The third kappa shape index (κ3) is 2.46. The van der Waals surface area contributed by atoms with Crippen molar-refractivity contribution in [2.45, 2.75) is 44.1 Å². The van der Waals surface area contributed by atoms with Gasteiger partial charge in [-0.3, -0.25) is 9.59 Å². The summed E-state index contributed by atoms with van der Waals surface area (Å²) in [5.41, 5.74) is 0. The molecule has 114 valence electrons. The number of hydrogen-bond acceptors (Lipinski definition) is 4. The van der Waals surface area contributed by atoms with Gasteiger partial charge in [-0.1, -0.05) is 0 Å². The maximum Gasteiger partial charge on any atom is 0.246 e. The number of carbonyl (C=O) groups is 2. The number of fused-ring (bicyclic) bond motifs is 1. The van der Waals surface area contributed by atoms with Gasteiger partial charge in [0.1, 0.15) is 17.6 Å². The van der Waals surface area contributed by atoms with Gasteiger partial charge < -0.3 is 14.2 Å². The lowest BCUT2D eigenvalue weighted by molar-refractivity contribution is -0.143. The van der Waals surface area contributed by atoms with Gasteiger partial charge >= 0.3 is 0 Å². The van der Waals surface area contributed by atoms with E-state index in [1.165, 1.54) is 0 Å². The zero-order valence-corrected chi connectivity index (χ0v) is 13.4. The molecule has 21 heavy (non-hydrogen) atoms. The van der Waals surface area contributed by atoms with Crippen molar-refractivity contribution >= 4 is 23.6 Å². The molecule has 0 bridgehead atoms. The van der Waals surface area contributed by atoms with Crippen LogP contribution in [0.2, 0.25) is 0 Å². The number of thioether (sulfide) groups is 1. The Balaban J connectivity index is 1.71. The van der Waals surface area contributed by atoms with E-state index in [-0.39, 0.29) is 22.7 Å². The van der Waals surface area contributed by atoms with E-state index in [0.717, 1.165) is 17.9 Å². The molecule has 0 saturated carbocycles. The molecule has 0 radical (unpaired) electrons. The van der Waals surface area contributed by atoms with E-state index in [1.54, 1.807) is 28.6 Å². The first kappa shape index (κ1) is 14.5. The Kier molecular flexibility index (Phi) is 3.51. The van der Waals surface area contributed by atoms with E-state index >= 15 is 0 Å². The molecule has 2 atom stereocenters. The molecule has 2 saturated heterocycles. The third-order valence-corrected chi connectivity index (χ3v) is 5.80. The van der Waals surface area contributed by atoms with Crippen LogP contribution in [0.3, 0.4) is 0 Å². The van der Waals surface area contributed by atoms with Crippen molar-refractivity contribution < 1.29 is 14.0 Å². The summed E-state index contributed by atoms with van der Waals surface area (Å²) in [4.78, 5) is 28.0. The SMILES string of the molecule is Cc1ccc(CN(C)C(=O)[C@H]2CS[C@@]3(C)CCC(=O)N23)o1. The summed E-state index contributed by atoms with van der Waals surface area (Å²) in [6, 6.07) is 3.43. The maximum atomic E-state index is 12.7. The van der Waals surface area contributed by atoms with E-state index in [9.17, 15) is 9.59 Å². The van der Waals surface area contributed by atoms with Crippen LogP contribution in [0.4, 0.5) is 0 Å². The molecule has 2 aliphatic rings. The predicted molar refractivity (Wildman–Crippen MR) is 80.7 cm³/mol. The zero-order chi connectivity index (χ0) is 15.2. The minimum atomic E-state index is -0.337. The van der Waals surface area contributed by atoms with Crippen molar-refractivity contribution in [2.75, 3.05) is 12.8 Å². The summed E-state index contributed by atoms with van der Waals surface area (Å²) < 4.78 is 5.51. The van der Waals surface area contributed by atoms with E-state index in [0.29, 0.717) is 18.7 Å². The topological polar surface area (TPSA) is 53.8 Å². The zero-order valence-electron chi connectivity index (χ0n) is 12.6.